The molecule has 1 atom stereocenters. The van der Waals surface area contributed by atoms with E-state index in [0.717, 1.165) is 18.5 Å². The Kier molecular flexibility index (Phi) is 4.42. The standard InChI is InChI=1S/C14H20N2O4/c1-3-9(4-2)10-8-12(20-15-10)13(17)16-7-5-6-11(16)14(18)19/h8-9,11H,3-7H2,1-2H3,(H,18,19)/t11-/m0/s1. The fourth-order valence-corrected chi connectivity index (χ4v) is 2.70. The van der Waals surface area contributed by atoms with E-state index in [1.807, 2.05) is 0 Å². The van der Waals surface area contributed by atoms with Crippen molar-refractivity contribution in [1.82, 2.24) is 10.1 Å². The number of likely N-dealkylation sites (tertiary alicyclic amines) is 1. The predicted octanol–water partition coefficient (Wildman–Crippen LogP) is 2.27. The molecule has 1 amide bonds. The van der Waals surface area contributed by atoms with E-state index in [9.17, 15) is 9.59 Å². The molecule has 2 heterocycles. The maximum absolute atomic E-state index is 12.3. The lowest BCUT2D eigenvalue weighted by Crippen LogP contribution is -2.40. The molecule has 0 aliphatic carbocycles. The van der Waals surface area contributed by atoms with Crippen LogP contribution >= 0.6 is 0 Å². The molecule has 1 aromatic heterocycles. The van der Waals surface area contributed by atoms with Crippen LogP contribution in [0.25, 0.3) is 0 Å². The monoisotopic (exact) mass is 280 g/mol. The van der Waals surface area contributed by atoms with Crippen LogP contribution in [0.15, 0.2) is 10.6 Å². The molecule has 110 valence electrons. The molecule has 0 unspecified atom stereocenters. The Bertz CT molecular complexity index is 493. The number of hydrogen-bond donors (Lipinski definition) is 1. The number of nitrogens with zero attached hydrogens (tertiary/aromatic N) is 2. The highest BCUT2D eigenvalue weighted by Crippen LogP contribution is 2.25. The van der Waals surface area contributed by atoms with E-state index in [0.29, 0.717) is 19.4 Å². The van der Waals surface area contributed by atoms with Crippen molar-refractivity contribution in [3.05, 3.63) is 17.5 Å². The van der Waals surface area contributed by atoms with Gasteiger partial charge in [-0.05, 0) is 25.7 Å². The first-order chi connectivity index (χ1) is 9.58. The highest BCUT2D eigenvalue weighted by Gasteiger charge is 2.36. The van der Waals surface area contributed by atoms with Gasteiger partial charge in [-0.2, -0.15) is 0 Å². The van der Waals surface area contributed by atoms with Crippen molar-refractivity contribution in [1.29, 1.82) is 0 Å². The molecule has 0 aromatic carbocycles. The first kappa shape index (κ1) is 14.6. The molecule has 6 heteroatoms. The van der Waals surface area contributed by atoms with Gasteiger partial charge in [0.25, 0.3) is 5.91 Å². The van der Waals surface area contributed by atoms with Crippen molar-refractivity contribution in [3.63, 3.8) is 0 Å². The minimum atomic E-state index is -0.962. The van der Waals surface area contributed by atoms with Crippen LogP contribution in [-0.2, 0) is 4.79 Å². The van der Waals surface area contributed by atoms with Gasteiger partial charge in [-0.1, -0.05) is 19.0 Å². The normalized spacial score (nSPS) is 18.8. The molecule has 2 rings (SSSR count). The maximum Gasteiger partial charge on any atom is 0.326 e. The van der Waals surface area contributed by atoms with Crippen LogP contribution in [0.3, 0.4) is 0 Å². The summed E-state index contributed by atoms with van der Waals surface area (Å²) in [6.07, 6.45) is 3.06. The van der Waals surface area contributed by atoms with E-state index < -0.39 is 12.0 Å². The van der Waals surface area contributed by atoms with E-state index in [1.54, 1.807) is 6.07 Å². The first-order valence-corrected chi connectivity index (χ1v) is 7.08. The third-order valence-electron chi connectivity index (χ3n) is 3.94. The fraction of sp³-hybridized carbons (Fsp3) is 0.643. The van der Waals surface area contributed by atoms with E-state index in [1.165, 1.54) is 4.90 Å². The van der Waals surface area contributed by atoms with Crippen LogP contribution in [0.5, 0.6) is 0 Å². The number of carbonyl (C=O) groups excluding carboxylic acids is 1. The highest BCUT2D eigenvalue weighted by atomic mass is 16.5. The van der Waals surface area contributed by atoms with Crippen molar-refractivity contribution >= 4 is 11.9 Å². The molecule has 0 spiro atoms. The van der Waals surface area contributed by atoms with Gasteiger partial charge >= 0.3 is 5.97 Å². The number of aromatic nitrogens is 1. The summed E-state index contributed by atoms with van der Waals surface area (Å²) in [4.78, 5) is 24.8. The lowest BCUT2D eigenvalue weighted by molar-refractivity contribution is -0.141. The molecule has 6 nitrogen and oxygen atoms in total. The summed E-state index contributed by atoms with van der Waals surface area (Å²) in [7, 11) is 0. The largest absolute Gasteiger partial charge is 0.480 e. The Balaban J connectivity index is 2.15. The molecular formula is C14H20N2O4. The van der Waals surface area contributed by atoms with Crippen molar-refractivity contribution in [2.75, 3.05) is 6.54 Å². The summed E-state index contributed by atoms with van der Waals surface area (Å²) >= 11 is 0. The Morgan fingerprint density at radius 1 is 1.50 bits per heavy atom. The van der Waals surface area contributed by atoms with Gasteiger partial charge in [-0.3, -0.25) is 4.79 Å². The zero-order chi connectivity index (χ0) is 14.7. The van der Waals surface area contributed by atoms with Crippen LogP contribution in [-0.4, -0.2) is 39.6 Å². The summed E-state index contributed by atoms with van der Waals surface area (Å²) in [5.74, 6) is -0.926. The average molecular weight is 280 g/mol. The maximum atomic E-state index is 12.3. The number of hydrogen-bond acceptors (Lipinski definition) is 4. The van der Waals surface area contributed by atoms with Gasteiger partial charge in [-0.25, -0.2) is 4.79 Å². The molecular weight excluding hydrogens is 260 g/mol. The van der Waals surface area contributed by atoms with E-state index >= 15 is 0 Å². The summed E-state index contributed by atoms with van der Waals surface area (Å²) in [6, 6.07) is 0.904. The summed E-state index contributed by atoms with van der Waals surface area (Å²) < 4.78 is 5.12. The van der Waals surface area contributed by atoms with Crippen LogP contribution in [0, 0.1) is 0 Å². The van der Waals surface area contributed by atoms with Gasteiger partial charge in [0.2, 0.25) is 5.76 Å². The van der Waals surface area contributed by atoms with Crippen molar-refractivity contribution in [2.24, 2.45) is 0 Å². The number of carbonyl (C=O) groups is 2. The van der Waals surface area contributed by atoms with Crippen LogP contribution < -0.4 is 0 Å². The minimum absolute atomic E-state index is 0.139. The van der Waals surface area contributed by atoms with Gasteiger partial charge in [0.1, 0.15) is 6.04 Å². The zero-order valence-corrected chi connectivity index (χ0v) is 11.8. The quantitative estimate of drug-likeness (QED) is 0.894. The second-order valence-corrected chi connectivity index (χ2v) is 5.12. The SMILES string of the molecule is CCC(CC)c1cc(C(=O)N2CCC[C@H]2C(=O)O)on1. The number of amides is 1. The van der Waals surface area contributed by atoms with Gasteiger partial charge in [0.05, 0.1) is 5.69 Å². The topological polar surface area (TPSA) is 83.6 Å². The second-order valence-electron chi connectivity index (χ2n) is 5.12. The molecule has 1 aromatic rings. The van der Waals surface area contributed by atoms with Crippen molar-refractivity contribution in [2.45, 2.75) is 51.5 Å². The molecule has 1 aliphatic rings. The van der Waals surface area contributed by atoms with Crippen molar-refractivity contribution in [3.8, 4) is 0 Å². The van der Waals surface area contributed by atoms with Gasteiger partial charge in [0.15, 0.2) is 0 Å². The van der Waals surface area contributed by atoms with Gasteiger partial charge in [-0.15, -0.1) is 0 Å². The Morgan fingerprint density at radius 2 is 2.20 bits per heavy atom. The Hall–Kier alpha value is -1.85. The Morgan fingerprint density at radius 3 is 2.80 bits per heavy atom. The zero-order valence-electron chi connectivity index (χ0n) is 11.8. The molecule has 1 fully saturated rings. The van der Waals surface area contributed by atoms with Crippen LogP contribution in [0.1, 0.15) is 61.7 Å². The van der Waals surface area contributed by atoms with Crippen LogP contribution in [0.4, 0.5) is 0 Å². The molecule has 0 radical (unpaired) electrons. The molecule has 1 aliphatic heterocycles. The van der Waals surface area contributed by atoms with Crippen molar-refractivity contribution < 1.29 is 19.2 Å². The molecule has 20 heavy (non-hydrogen) atoms. The summed E-state index contributed by atoms with van der Waals surface area (Å²) in [6.45, 7) is 4.58. The minimum Gasteiger partial charge on any atom is -0.480 e. The average Bonchev–Trinajstić information content (AvgIpc) is 3.08. The smallest absolute Gasteiger partial charge is 0.326 e. The van der Waals surface area contributed by atoms with Gasteiger partial charge < -0.3 is 14.5 Å². The molecule has 1 N–H and O–H groups in total. The molecule has 0 bridgehead atoms. The van der Waals surface area contributed by atoms with Gasteiger partial charge in [0, 0.05) is 18.5 Å². The summed E-state index contributed by atoms with van der Waals surface area (Å²) in [5, 5.41) is 13.1. The number of carboxylic acid groups (broad SMARTS) is 1. The number of rotatable bonds is 5. The third-order valence-corrected chi connectivity index (χ3v) is 3.94. The van der Waals surface area contributed by atoms with E-state index in [-0.39, 0.29) is 17.6 Å². The number of aliphatic carboxylic acids is 1. The third kappa shape index (κ3) is 2.69. The molecule has 0 saturated carbocycles. The van der Waals surface area contributed by atoms with Crippen LogP contribution in [0.2, 0.25) is 0 Å². The Labute approximate surface area is 117 Å². The number of carboxylic acids is 1. The molecule has 1 saturated heterocycles. The van der Waals surface area contributed by atoms with E-state index in [4.69, 9.17) is 9.63 Å². The highest BCUT2D eigenvalue weighted by molar-refractivity contribution is 5.94. The summed E-state index contributed by atoms with van der Waals surface area (Å²) in [5.41, 5.74) is 0.768. The lowest BCUT2D eigenvalue weighted by Gasteiger charge is -2.19. The fourth-order valence-electron chi connectivity index (χ4n) is 2.70. The first-order valence-electron chi connectivity index (χ1n) is 7.08. The second kappa shape index (κ2) is 6.07. The predicted molar refractivity (Wildman–Crippen MR) is 71.5 cm³/mol. The lowest BCUT2D eigenvalue weighted by atomic mass is 9.99. The van der Waals surface area contributed by atoms with E-state index in [2.05, 4.69) is 19.0 Å².